The maximum atomic E-state index is 10.3. The van der Waals surface area contributed by atoms with Gasteiger partial charge in [0.2, 0.25) is 0 Å². The van der Waals surface area contributed by atoms with Crippen LogP contribution in [0.1, 0.15) is 20.3 Å². The molecule has 0 aromatic carbocycles. The lowest BCUT2D eigenvalue weighted by molar-refractivity contribution is -0.138. The van der Waals surface area contributed by atoms with E-state index in [9.17, 15) is 4.79 Å². The highest BCUT2D eigenvalue weighted by molar-refractivity contribution is 7.99. The normalized spacial score (nSPS) is 17.8. The van der Waals surface area contributed by atoms with Gasteiger partial charge in [-0.25, -0.2) is 0 Å². The molecular weight excluding hydrogens is 190 g/mol. The van der Waals surface area contributed by atoms with Crippen LogP contribution in [0.3, 0.4) is 0 Å². The molecule has 0 bridgehead atoms. The van der Waals surface area contributed by atoms with Crippen molar-refractivity contribution in [3.05, 3.63) is 0 Å². The van der Waals surface area contributed by atoms with Crippen LogP contribution >= 0.6 is 11.8 Å². The maximum Gasteiger partial charge on any atom is 0.320 e. The Labute approximate surface area is 82.5 Å². The Balaban J connectivity index is 3.50. The number of hydrogen-bond donors (Lipinski definition) is 3. The third kappa shape index (κ3) is 5.90. The van der Waals surface area contributed by atoms with Gasteiger partial charge in [-0.05, 0) is 19.1 Å². The average Bonchev–Trinajstić information content (AvgIpc) is 2.03. The van der Waals surface area contributed by atoms with Gasteiger partial charge in [-0.15, -0.1) is 0 Å². The highest BCUT2D eigenvalue weighted by Crippen LogP contribution is 2.15. The number of aliphatic hydroxyl groups excluding tert-OH is 1. The summed E-state index contributed by atoms with van der Waals surface area (Å²) in [5, 5.41) is 17.7. The molecule has 3 atom stereocenters. The Morgan fingerprint density at radius 2 is 2.08 bits per heavy atom. The van der Waals surface area contributed by atoms with Gasteiger partial charge in [-0.3, -0.25) is 4.79 Å². The van der Waals surface area contributed by atoms with Crippen LogP contribution < -0.4 is 5.73 Å². The smallest absolute Gasteiger partial charge is 0.320 e. The first-order chi connectivity index (χ1) is 5.95. The molecule has 0 saturated carbocycles. The molecule has 0 aliphatic heterocycles. The molecule has 0 radical (unpaired) electrons. The number of carboxylic acid groups (broad SMARTS) is 1. The summed E-state index contributed by atoms with van der Waals surface area (Å²) in [5.74, 6) is -0.301. The van der Waals surface area contributed by atoms with E-state index >= 15 is 0 Å². The zero-order chi connectivity index (χ0) is 10.4. The summed E-state index contributed by atoms with van der Waals surface area (Å²) in [4.78, 5) is 10.3. The highest BCUT2D eigenvalue weighted by atomic mass is 32.2. The van der Waals surface area contributed by atoms with Crippen molar-refractivity contribution < 1.29 is 15.0 Å². The van der Waals surface area contributed by atoms with Crippen molar-refractivity contribution in [1.29, 1.82) is 0 Å². The van der Waals surface area contributed by atoms with Crippen LogP contribution in [0.4, 0.5) is 0 Å². The minimum Gasteiger partial charge on any atom is -0.480 e. The fourth-order valence-corrected chi connectivity index (χ4v) is 1.68. The van der Waals surface area contributed by atoms with Crippen molar-refractivity contribution in [2.75, 3.05) is 5.75 Å². The van der Waals surface area contributed by atoms with Crippen molar-refractivity contribution in [1.82, 2.24) is 0 Å². The van der Waals surface area contributed by atoms with Crippen molar-refractivity contribution in [2.24, 2.45) is 5.73 Å². The molecule has 0 spiro atoms. The molecule has 0 rings (SSSR count). The molecule has 0 aliphatic rings. The van der Waals surface area contributed by atoms with Crippen LogP contribution in [-0.2, 0) is 4.79 Å². The Morgan fingerprint density at radius 3 is 2.46 bits per heavy atom. The standard InChI is InChI=1S/C8H17NO3S/c1-5(10)6(2)13-4-3-7(9)8(11)12/h5-7,10H,3-4,9H2,1-2H3,(H,11,12). The van der Waals surface area contributed by atoms with Gasteiger partial charge >= 0.3 is 5.97 Å². The van der Waals surface area contributed by atoms with Crippen LogP contribution in [0.5, 0.6) is 0 Å². The van der Waals surface area contributed by atoms with Crippen LogP contribution in [0.15, 0.2) is 0 Å². The molecule has 0 aromatic rings. The molecule has 0 amide bonds. The van der Waals surface area contributed by atoms with Crippen molar-refractivity contribution >= 4 is 17.7 Å². The van der Waals surface area contributed by atoms with Gasteiger partial charge in [0, 0.05) is 5.25 Å². The lowest BCUT2D eigenvalue weighted by Gasteiger charge is -2.14. The summed E-state index contributed by atoms with van der Waals surface area (Å²) in [6, 6.07) is -0.784. The maximum absolute atomic E-state index is 10.3. The number of carboxylic acids is 1. The summed E-state index contributed by atoms with van der Waals surface area (Å²) >= 11 is 1.54. The molecule has 0 saturated heterocycles. The SMILES string of the molecule is CC(O)C(C)SCCC(N)C(=O)O. The molecule has 78 valence electrons. The molecule has 4 nitrogen and oxygen atoms in total. The number of aliphatic carboxylic acids is 1. The Morgan fingerprint density at radius 1 is 1.54 bits per heavy atom. The lowest BCUT2D eigenvalue weighted by atomic mass is 10.2. The number of thioether (sulfide) groups is 1. The Hall–Kier alpha value is -0.260. The zero-order valence-corrected chi connectivity index (χ0v) is 8.75. The molecule has 0 heterocycles. The van der Waals surface area contributed by atoms with E-state index in [2.05, 4.69) is 0 Å². The van der Waals surface area contributed by atoms with Gasteiger partial charge in [-0.1, -0.05) is 6.92 Å². The van der Waals surface area contributed by atoms with Gasteiger partial charge in [0.05, 0.1) is 6.10 Å². The van der Waals surface area contributed by atoms with Crippen LogP contribution in [0.25, 0.3) is 0 Å². The monoisotopic (exact) mass is 207 g/mol. The zero-order valence-electron chi connectivity index (χ0n) is 7.93. The third-order valence-electron chi connectivity index (χ3n) is 1.81. The molecule has 0 aliphatic carbocycles. The van der Waals surface area contributed by atoms with Gasteiger partial charge in [-0.2, -0.15) is 11.8 Å². The Bertz CT molecular complexity index is 163. The first-order valence-electron chi connectivity index (χ1n) is 4.23. The molecule has 0 fully saturated rings. The minimum absolute atomic E-state index is 0.126. The van der Waals surface area contributed by atoms with E-state index in [4.69, 9.17) is 15.9 Å². The topological polar surface area (TPSA) is 83.5 Å². The molecule has 4 N–H and O–H groups in total. The molecule has 5 heteroatoms. The number of aliphatic hydroxyl groups is 1. The first-order valence-corrected chi connectivity index (χ1v) is 5.28. The van der Waals surface area contributed by atoms with E-state index in [-0.39, 0.29) is 11.4 Å². The van der Waals surface area contributed by atoms with E-state index < -0.39 is 12.0 Å². The fraction of sp³-hybridized carbons (Fsp3) is 0.875. The van der Waals surface area contributed by atoms with E-state index in [1.807, 2.05) is 6.92 Å². The second-order valence-electron chi connectivity index (χ2n) is 3.05. The summed E-state index contributed by atoms with van der Waals surface area (Å²) in [6.45, 7) is 3.62. The average molecular weight is 207 g/mol. The number of hydrogen-bond acceptors (Lipinski definition) is 4. The van der Waals surface area contributed by atoms with Crippen LogP contribution in [-0.4, -0.2) is 39.3 Å². The second-order valence-corrected chi connectivity index (χ2v) is 4.54. The predicted molar refractivity (Wildman–Crippen MR) is 53.8 cm³/mol. The number of carbonyl (C=O) groups is 1. The van der Waals surface area contributed by atoms with Crippen molar-refractivity contribution in [2.45, 2.75) is 37.7 Å². The second kappa shape index (κ2) is 6.23. The summed E-state index contributed by atoms with van der Waals surface area (Å²) in [7, 11) is 0. The van der Waals surface area contributed by atoms with E-state index in [0.717, 1.165) is 0 Å². The summed E-state index contributed by atoms with van der Waals surface area (Å²) in [6.07, 6.45) is 0.0721. The largest absolute Gasteiger partial charge is 0.480 e. The van der Waals surface area contributed by atoms with Gasteiger partial charge < -0.3 is 15.9 Å². The Kier molecular flexibility index (Phi) is 6.11. The molecule has 3 unspecified atom stereocenters. The van der Waals surface area contributed by atoms with E-state index in [1.54, 1.807) is 6.92 Å². The quantitative estimate of drug-likeness (QED) is 0.583. The van der Waals surface area contributed by atoms with Gasteiger partial charge in [0.15, 0.2) is 0 Å². The minimum atomic E-state index is -0.967. The van der Waals surface area contributed by atoms with Crippen molar-refractivity contribution in [3.8, 4) is 0 Å². The van der Waals surface area contributed by atoms with Crippen molar-refractivity contribution in [3.63, 3.8) is 0 Å². The molecule has 13 heavy (non-hydrogen) atoms. The molecule has 0 aromatic heterocycles. The van der Waals surface area contributed by atoms with Gasteiger partial charge in [0.1, 0.15) is 6.04 Å². The third-order valence-corrected chi connectivity index (χ3v) is 3.20. The van der Waals surface area contributed by atoms with E-state index in [1.165, 1.54) is 11.8 Å². The lowest BCUT2D eigenvalue weighted by Crippen LogP contribution is -2.31. The summed E-state index contributed by atoms with van der Waals surface area (Å²) < 4.78 is 0. The van der Waals surface area contributed by atoms with Crippen LogP contribution in [0, 0.1) is 0 Å². The van der Waals surface area contributed by atoms with Crippen LogP contribution in [0.2, 0.25) is 0 Å². The number of rotatable bonds is 6. The van der Waals surface area contributed by atoms with E-state index in [0.29, 0.717) is 12.2 Å². The fourth-order valence-electron chi connectivity index (χ4n) is 0.644. The van der Waals surface area contributed by atoms with Gasteiger partial charge in [0.25, 0.3) is 0 Å². The molecular formula is C8H17NO3S. The highest BCUT2D eigenvalue weighted by Gasteiger charge is 2.13. The predicted octanol–water partition coefficient (Wildman–Crippen LogP) is 0.291. The summed E-state index contributed by atoms with van der Waals surface area (Å²) in [5.41, 5.74) is 5.30. The number of nitrogens with two attached hydrogens (primary N) is 1. The first kappa shape index (κ1) is 12.7.